The summed E-state index contributed by atoms with van der Waals surface area (Å²) in [5.74, 6) is 0.279. The summed E-state index contributed by atoms with van der Waals surface area (Å²) in [5.41, 5.74) is 1.38. The Morgan fingerprint density at radius 2 is 2.00 bits per heavy atom. The maximum atomic E-state index is 11.9. The van der Waals surface area contributed by atoms with Crippen molar-refractivity contribution in [2.45, 2.75) is 29.9 Å². The van der Waals surface area contributed by atoms with Crippen LogP contribution in [-0.4, -0.2) is 5.25 Å². The molecular weight excluding hydrogens is 220 g/mol. The Labute approximate surface area is 97.7 Å². The van der Waals surface area contributed by atoms with Gasteiger partial charge >= 0.3 is 5.63 Å². The van der Waals surface area contributed by atoms with Crippen molar-refractivity contribution in [2.75, 3.05) is 0 Å². The van der Waals surface area contributed by atoms with Crippen molar-refractivity contribution in [3.8, 4) is 0 Å². The zero-order chi connectivity index (χ0) is 11.3. The third-order valence-electron chi connectivity index (χ3n) is 3.26. The van der Waals surface area contributed by atoms with E-state index in [1.807, 2.05) is 24.3 Å². The molecule has 16 heavy (non-hydrogen) atoms. The summed E-state index contributed by atoms with van der Waals surface area (Å²) in [4.78, 5) is 13.0. The van der Waals surface area contributed by atoms with Gasteiger partial charge in [0, 0.05) is 21.4 Å². The monoisotopic (exact) mass is 232 g/mol. The van der Waals surface area contributed by atoms with Crippen LogP contribution in [0, 0.1) is 0 Å². The number of rotatable bonds is 0. The lowest BCUT2D eigenvalue weighted by Gasteiger charge is -2.06. The Morgan fingerprint density at radius 3 is 2.81 bits per heavy atom. The molecule has 0 spiro atoms. The third kappa shape index (κ3) is 1.24. The Kier molecular flexibility index (Phi) is 2.11. The van der Waals surface area contributed by atoms with Crippen LogP contribution >= 0.6 is 11.8 Å². The minimum atomic E-state index is -0.168. The third-order valence-corrected chi connectivity index (χ3v) is 4.72. The second-order valence-electron chi connectivity index (χ2n) is 4.24. The van der Waals surface area contributed by atoms with Crippen LogP contribution in [0.2, 0.25) is 0 Å². The summed E-state index contributed by atoms with van der Waals surface area (Å²) in [5, 5.41) is 1.52. The molecule has 0 amide bonds. The van der Waals surface area contributed by atoms with Crippen molar-refractivity contribution < 1.29 is 4.42 Å². The first kappa shape index (κ1) is 9.97. The van der Waals surface area contributed by atoms with Gasteiger partial charge in [0.05, 0.1) is 5.56 Å². The molecule has 2 atom stereocenters. The smallest absolute Gasteiger partial charge is 0.340 e. The molecule has 1 aromatic carbocycles. The molecular formula is C13H12O2S. The van der Waals surface area contributed by atoms with Crippen LogP contribution < -0.4 is 5.63 Å². The van der Waals surface area contributed by atoms with Gasteiger partial charge in [-0.05, 0) is 6.07 Å². The quantitative estimate of drug-likeness (QED) is 0.652. The first-order valence-corrected chi connectivity index (χ1v) is 6.29. The highest BCUT2D eigenvalue weighted by Crippen LogP contribution is 2.46. The predicted octanol–water partition coefficient (Wildman–Crippen LogP) is 3.39. The van der Waals surface area contributed by atoms with E-state index < -0.39 is 0 Å². The van der Waals surface area contributed by atoms with Crippen molar-refractivity contribution >= 4 is 22.7 Å². The summed E-state index contributed by atoms with van der Waals surface area (Å²) >= 11 is 1.78. The molecule has 2 unspecified atom stereocenters. The van der Waals surface area contributed by atoms with Crippen molar-refractivity contribution in [1.82, 2.24) is 0 Å². The summed E-state index contributed by atoms with van der Waals surface area (Å²) in [6, 6.07) is 7.75. The van der Waals surface area contributed by atoms with Crippen molar-refractivity contribution in [3.05, 3.63) is 40.2 Å². The number of fused-ring (bicyclic) bond motifs is 3. The van der Waals surface area contributed by atoms with Crippen molar-refractivity contribution in [2.24, 2.45) is 0 Å². The molecule has 0 bridgehead atoms. The lowest BCUT2D eigenvalue weighted by atomic mass is 9.99. The molecule has 2 nitrogen and oxygen atoms in total. The summed E-state index contributed by atoms with van der Waals surface area (Å²) in [6.45, 7) is 4.25. The molecule has 1 aromatic heterocycles. The molecule has 2 aromatic rings. The van der Waals surface area contributed by atoms with Gasteiger partial charge in [0.1, 0.15) is 5.58 Å². The van der Waals surface area contributed by atoms with E-state index in [2.05, 4.69) is 13.8 Å². The van der Waals surface area contributed by atoms with E-state index >= 15 is 0 Å². The first-order valence-electron chi connectivity index (χ1n) is 5.41. The average Bonchev–Trinajstić information content (AvgIpc) is 2.57. The topological polar surface area (TPSA) is 30.2 Å². The fourth-order valence-electron chi connectivity index (χ4n) is 2.18. The standard InChI is InChI=1S/C13H12O2S/c1-7-8(2)16-12-9-5-3-4-6-10(9)15-13(14)11(7)12/h3-8H,1-2H3. The molecule has 1 aliphatic rings. The fraction of sp³-hybridized carbons (Fsp3) is 0.308. The molecule has 0 N–H and O–H groups in total. The van der Waals surface area contributed by atoms with Crippen LogP contribution in [0.15, 0.2) is 38.4 Å². The fourth-order valence-corrected chi connectivity index (χ4v) is 3.58. The van der Waals surface area contributed by atoms with E-state index in [-0.39, 0.29) is 11.5 Å². The number of hydrogen-bond acceptors (Lipinski definition) is 3. The molecule has 0 fully saturated rings. The van der Waals surface area contributed by atoms with E-state index in [0.29, 0.717) is 10.8 Å². The summed E-state index contributed by atoms with van der Waals surface area (Å²) in [6.07, 6.45) is 0. The largest absolute Gasteiger partial charge is 0.422 e. The van der Waals surface area contributed by atoms with Gasteiger partial charge in [0.15, 0.2) is 0 Å². The van der Waals surface area contributed by atoms with E-state index in [9.17, 15) is 4.79 Å². The highest BCUT2D eigenvalue weighted by Gasteiger charge is 2.31. The zero-order valence-corrected chi connectivity index (χ0v) is 10.0. The van der Waals surface area contributed by atoms with Crippen molar-refractivity contribution in [1.29, 1.82) is 0 Å². The maximum Gasteiger partial charge on any atom is 0.340 e. The molecule has 82 valence electrons. The van der Waals surface area contributed by atoms with Crippen LogP contribution in [0.3, 0.4) is 0 Å². The maximum absolute atomic E-state index is 11.9. The number of para-hydroxylation sites is 1. The molecule has 0 radical (unpaired) electrons. The minimum absolute atomic E-state index is 0.168. The lowest BCUT2D eigenvalue weighted by molar-refractivity contribution is 0.536. The van der Waals surface area contributed by atoms with Gasteiger partial charge in [-0.2, -0.15) is 0 Å². The van der Waals surface area contributed by atoms with Crippen LogP contribution in [0.4, 0.5) is 0 Å². The molecule has 0 saturated heterocycles. The molecule has 0 aliphatic carbocycles. The minimum Gasteiger partial charge on any atom is -0.422 e. The van der Waals surface area contributed by atoms with Gasteiger partial charge < -0.3 is 4.42 Å². The molecule has 3 heteroatoms. The zero-order valence-electron chi connectivity index (χ0n) is 9.19. The Bertz CT molecular complexity index is 615. The predicted molar refractivity (Wildman–Crippen MR) is 66.2 cm³/mol. The van der Waals surface area contributed by atoms with Crippen LogP contribution in [0.1, 0.15) is 25.3 Å². The highest BCUT2D eigenvalue weighted by atomic mass is 32.2. The van der Waals surface area contributed by atoms with E-state index in [0.717, 1.165) is 15.8 Å². The number of hydrogen-bond donors (Lipinski definition) is 0. The van der Waals surface area contributed by atoms with Crippen LogP contribution in [0.25, 0.3) is 11.0 Å². The van der Waals surface area contributed by atoms with E-state index in [1.54, 1.807) is 11.8 Å². The van der Waals surface area contributed by atoms with Gasteiger partial charge in [-0.3, -0.25) is 0 Å². The Balaban J connectivity index is 2.44. The first-order chi connectivity index (χ1) is 7.68. The average molecular weight is 232 g/mol. The number of benzene rings is 1. The van der Waals surface area contributed by atoms with Gasteiger partial charge in [-0.25, -0.2) is 4.79 Å². The van der Waals surface area contributed by atoms with Gasteiger partial charge in [0.25, 0.3) is 0 Å². The van der Waals surface area contributed by atoms with Gasteiger partial charge in [0.2, 0.25) is 0 Å². The normalized spacial score (nSPS) is 23.6. The second-order valence-corrected chi connectivity index (χ2v) is 5.63. The Morgan fingerprint density at radius 1 is 1.25 bits per heavy atom. The summed E-state index contributed by atoms with van der Waals surface area (Å²) in [7, 11) is 0. The number of thioether (sulfide) groups is 1. The lowest BCUT2D eigenvalue weighted by Crippen LogP contribution is -2.12. The van der Waals surface area contributed by atoms with E-state index in [1.165, 1.54) is 0 Å². The Hall–Kier alpha value is -1.22. The van der Waals surface area contributed by atoms with Crippen LogP contribution in [0.5, 0.6) is 0 Å². The van der Waals surface area contributed by atoms with Crippen molar-refractivity contribution in [3.63, 3.8) is 0 Å². The van der Waals surface area contributed by atoms with Crippen LogP contribution in [-0.2, 0) is 0 Å². The van der Waals surface area contributed by atoms with Gasteiger partial charge in [-0.15, -0.1) is 11.8 Å². The second kappa shape index (κ2) is 3.39. The molecule has 1 aliphatic heterocycles. The highest BCUT2D eigenvalue weighted by molar-refractivity contribution is 8.00. The molecule has 0 saturated carbocycles. The molecule has 2 heterocycles. The van der Waals surface area contributed by atoms with Gasteiger partial charge in [-0.1, -0.05) is 32.0 Å². The molecule has 3 rings (SSSR count). The van der Waals surface area contributed by atoms with E-state index in [4.69, 9.17) is 4.42 Å². The summed E-state index contributed by atoms with van der Waals surface area (Å²) < 4.78 is 5.35. The SMILES string of the molecule is CC1Sc2c(c(=O)oc3ccccc23)C1C.